The highest BCUT2D eigenvalue weighted by Crippen LogP contribution is 2.09. The molecule has 0 amide bonds. The molecule has 0 aliphatic heterocycles. The van der Waals surface area contributed by atoms with E-state index in [0.717, 1.165) is 0 Å². The molecule has 0 aliphatic carbocycles. The Hall–Kier alpha value is -2.24. The lowest BCUT2D eigenvalue weighted by molar-refractivity contribution is 0.0599. The second-order valence-corrected chi connectivity index (χ2v) is 2.70. The Morgan fingerprint density at radius 2 is 2.40 bits per heavy atom. The van der Waals surface area contributed by atoms with Crippen molar-refractivity contribution in [1.29, 1.82) is 0 Å². The summed E-state index contributed by atoms with van der Waals surface area (Å²) in [4.78, 5) is 19.1. The van der Waals surface area contributed by atoms with Gasteiger partial charge in [0.2, 0.25) is 0 Å². The largest absolute Gasteiger partial charge is 0.465 e. The molecule has 0 unspecified atom stereocenters. The molecular weight excluding hydrogens is 196 g/mol. The van der Waals surface area contributed by atoms with Gasteiger partial charge >= 0.3 is 5.97 Å². The first-order valence-electron chi connectivity index (χ1n) is 4.21. The van der Waals surface area contributed by atoms with E-state index in [1.165, 1.54) is 24.3 Å². The normalized spacial score (nSPS) is 9.93. The zero-order chi connectivity index (χ0) is 10.7. The van der Waals surface area contributed by atoms with Crippen LogP contribution in [0.5, 0.6) is 0 Å². The molecular formula is C9H8N4O2. The zero-order valence-corrected chi connectivity index (χ0v) is 7.99. The topological polar surface area (TPSA) is 69.9 Å². The molecule has 0 aliphatic rings. The lowest BCUT2D eigenvalue weighted by atomic mass is 10.3. The van der Waals surface area contributed by atoms with Crippen LogP contribution in [0.1, 0.15) is 10.4 Å². The number of aromatic nitrogens is 4. The van der Waals surface area contributed by atoms with Crippen molar-refractivity contribution in [2.75, 3.05) is 7.11 Å². The standard InChI is InChI=1S/C9H8N4O2/c1-15-9(14)7-5-10-6-11-8(7)13-4-2-3-12-13/h2-6H,1H3. The van der Waals surface area contributed by atoms with E-state index in [-0.39, 0.29) is 5.56 Å². The van der Waals surface area contributed by atoms with E-state index in [0.29, 0.717) is 5.82 Å². The molecule has 0 radical (unpaired) electrons. The second kappa shape index (κ2) is 3.87. The fraction of sp³-hybridized carbons (Fsp3) is 0.111. The molecule has 0 saturated carbocycles. The lowest BCUT2D eigenvalue weighted by Crippen LogP contribution is -2.10. The van der Waals surface area contributed by atoms with E-state index in [1.807, 2.05) is 0 Å². The van der Waals surface area contributed by atoms with Crippen molar-refractivity contribution >= 4 is 5.97 Å². The second-order valence-electron chi connectivity index (χ2n) is 2.70. The fourth-order valence-electron chi connectivity index (χ4n) is 1.15. The van der Waals surface area contributed by atoms with Crippen LogP contribution in [-0.2, 0) is 4.74 Å². The van der Waals surface area contributed by atoms with Gasteiger partial charge in [-0.25, -0.2) is 19.4 Å². The summed E-state index contributed by atoms with van der Waals surface area (Å²) in [6, 6.07) is 1.74. The molecule has 0 aromatic carbocycles. The maximum absolute atomic E-state index is 11.4. The number of nitrogens with zero attached hydrogens (tertiary/aromatic N) is 4. The summed E-state index contributed by atoms with van der Waals surface area (Å²) in [5.74, 6) is -0.0806. The van der Waals surface area contributed by atoms with Crippen LogP contribution in [0.25, 0.3) is 5.82 Å². The minimum absolute atomic E-state index is 0.281. The SMILES string of the molecule is COC(=O)c1cncnc1-n1cccn1. The lowest BCUT2D eigenvalue weighted by Gasteiger charge is -2.04. The maximum Gasteiger partial charge on any atom is 0.343 e. The average Bonchev–Trinajstić information content (AvgIpc) is 2.81. The average molecular weight is 204 g/mol. The zero-order valence-electron chi connectivity index (χ0n) is 7.99. The molecule has 0 bridgehead atoms. The van der Waals surface area contributed by atoms with Crippen molar-refractivity contribution in [3.05, 3.63) is 36.5 Å². The van der Waals surface area contributed by atoms with Crippen LogP contribution in [0, 0.1) is 0 Å². The summed E-state index contributed by atoms with van der Waals surface area (Å²) in [5, 5.41) is 3.98. The quantitative estimate of drug-likeness (QED) is 0.664. The van der Waals surface area contributed by atoms with Crippen molar-refractivity contribution in [2.24, 2.45) is 0 Å². The van der Waals surface area contributed by atoms with Gasteiger partial charge in [-0.15, -0.1) is 0 Å². The Labute approximate surface area is 85.5 Å². The number of carbonyl (C=O) groups excluding carboxylic acids is 1. The highest BCUT2D eigenvalue weighted by Gasteiger charge is 2.14. The Bertz CT molecular complexity index is 467. The Kier molecular flexibility index (Phi) is 2.40. The van der Waals surface area contributed by atoms with E-state index >= 15 is 0 Å². The number of rotatable bonds is 2. The minimum atomic E-state index is -0.485. The van der Waals surface area contributed by atoms with Crippen molar-refractivity contribution < 1.29 is 9.53 Å². The van der Waals surface area contributed by atoms with Gasteiger partial charge in [0.1, 0.15) is 11.9 Å². The van der Waals surface area contributed by atoms with E-state index in [9.17, 15) is 4.79 Å². The molecule has 6 heteroatoms. The van der Waals surface area contributed by atoms with Crippen LogP contribution < -0.4 is 0 Å². The van der Waals surface area contributed by atoms with Crippen LogP contribution in [0.4, 0.5) is 0 Å². The minimum Gasteiger partial charge on any atom is -0.465 e. The monoisotopic (exact) mass is 204 g/mol. The van der Waals surface area contributed by atoms with Gasteiger partial charge in [-0.1, -0.05) is 0 Å². The predicted octanol–water partition coefficient (Wildman–Crippen LogP) is 0.449. The van der Waals surface area contributed by atoms with Crippen LogP contribution in [0.15, 0.2) is 31.0 Å². The van der Waals surface area contributed by atoms with Gasteiger partial charge in [0.25, 0.3) is 0 Å². The molecule has 2 aromatic rings. The van der Waals surface area contributed by atoms with Gasteiger partial charge in [-0.05, 0) is 6.07 Å². The molecule has 0 N–H and O–H groups in total. The number of carbonyl (C=O) groups is 1. The van der Waals surface area contributed by atoms with Gasteiger partial charge in [-0.3, -0.25) is 0 Å². The van der Waals surface area contributed by atoms with Crippen molar-refractivity contribution in [2.45, 2.75) is 0 Å². The smallest absolute Gasteiger partial charge is 0.343 e. The van der Waals surface area contributed by atoms with Crippen molar-refractivity contribution in [1.82, 2.24) is 19.7 Å². The Morgan fingerprint density at radius 1 is 1.53 bits per heavy atom. The third kappa shape index (κ3) is 1.69. The molecule has 2 rings (SSSR count). The summed E-state index contributed by atoms with van der Waals surface area (Å²) < 4.78 is 6.10. The highest BCUT2D eigenvalue weighted by atomic mass is 16.5. The van der Waals surface area contributed by atoms with Gasteiger partial charge in [-0.2, -0.15) is 5.10 Å². The van der Waals surface area contributed by atoms with Crippen LogP contribution in [0.3, 0.4) is 0 Å². The van der Waals surface area contributed by atoms with E-state index in [1.54, 1.807) is 18.5 Å². The van der Waals surface area contributed by atoms with E-state index < -0.39 is 5.97 Å². The highest BCUT2D eigenvalue weighted by molar-refractivity contribution is 5.92. The number of hydrogen-bond acceptors (Lipinski definition) is 5. The number of ether oxygens (including phenoxy) is 1. The molecule has 76 valence electrons. The van der Waals surface area contributed by atoms with Crippen molar-refractivity contribution in [3.8, 4) is 5.82 Å². The molecule has 0 fully saturated rings. The third-order valence-corrected chi connectivity index (χ3v) is 1.82. The molecule has 15 heavy (non-hydrogen) atoms. The first kappa shape index (κ1) is 9.32. The summed E-state index contributed by atoms with van der Waals surface area (Å²) in [7, 11) is 1.31. The summed E-state index contributed by atoms with van der Waals surface area (Å²) >= 11 is 0. The molecule has 0 spiro atoms. The van der Waals surface area contributed by atoms with Crippen LogP contribution in [-0.4, -0.2) is 32.8 Å². The predicted molar refractivity (Wildman–Crippen MR) is 50.5 cm³/mol. The molecule has 0 atom stereocenters. The molecule has 2 aromatic heterocycles. The first-order valence-corrected chi connectivity index (χ1v) is 4.21. The van der Waals surface area contributed by atoms with Gasteiger partial charge in [0, 0.05) is 18.6 Å². The summed E-state index contributed by atoms with van der Waals surface area (Å²) in [6.07, 6.45) is 6.04. The van der Waals surface area contributed by atoms with Gasteiger partial charge in [0.15, 0.2) is 5.82 Å². The molecule has 6 nitrogen and oxygen atoms in total. The number of esters is 1. The first-order chi connectivity index (χ1) is 7.33. The van der Waals surface area contributed by atoms with Crippen LogP contribution in [0.2, 0.25) is 0 Å². The van der Waals surface area contributed by atoms with Gasteiger partial charge in [0.05, 0.1) is 7.11 Å². The van der Waals surface area contributed by atoms with E-state index in [4.69, 9.17) is 0 Å². The third-order valence-electron chi connectivity index (χ3n) is 1.82. The van der Waals surface area contributed by atoms with Gasteiger partial charge < -0.3 is 4.74 Å². The van der Waals surface area contributed by atoms with Crippen LogP contribution >= 0.6 is 0 Å². The molecule has 2 heterocycles. The Balaban J connectivity index is 2.52. The van der Waals surface area contributed by atoms with E-state index in [2.05, 4.69) is 19.8 Å². The van der Waals surface area contributed by atoms with Crippen molar-refractivity contribution in [3.63, 3.8) is 0 Å². The summed E-state index contributed by atoms with van der Waals surface area (Å²) in [6.45, 7) is 0. The number of methoxy groups -OCH3 is 1. The Morgan fingerprint density at radius 3 is 3.07 bits per heavy atom. The maximum atomic E-state index is 11.4. The fourth-order valence-corrected chi connectivity index (χ4v) is 1.15. The molecule has 0 saturated heterocycles. The summed E-state index contributed by atoms with van der Waals surface area (Å²) in [5.41, 5.74) is 0.281. The number of hydrogen-bond donors (Lipinski definition) is 0.